The molecule has 2 aliphatic carbocycles. The third-order valence-electron chi connectivity index (χ3n) is 4.95. The molecule has 0 amide bonds. The lowest BCUT2D eigenvalue weighted by Gasteiger charge is -2.53. The van der Waals surface area contributed by atoms with Gasteiger partial charge in [-0.05, 0) is 12.1 Å². The van der Waals surface area contributed by atoms with E-state index in [1.54, 1.807) is 21.5 Å². The van der Waals surface area contributed by atoms with Crippen LogP contribution in [0.3, 0.4) is 0 Å². The first-order valence-corrected chi connectivity index (χ1v) is 8.00. The lowest BCUT2D eigenvalue weighted by Crippen LogP contribution is -2.58. The summed E-state index contributed by atoms with van der Waals surface area (Å²) in [6.07, 6.45) is 8.25. The minimum absolute atomic E-state index is 0.112. The van der Waals surface area contributed by atoms with Crippen LogP contribution in [0.5, 0.6) is 0 Å². The van der Waals surface area contributed by atoms with Crippen LogP contribution in [0.25, 0.3) is 5.69 Å². The highest BCUT2D eigenvalue weighted by Gasteiger charge is 2.57. The summed E-state index contributed by atoms with van der Waals surface area (Å²) in [6.45, 7) is 0. The Bertz CT molecular complexity index is 966. The van der Waals surface area contributed by atoms with Gasteiger partial charge in [-0.3, -0.25) is 0 Å². The molecule has 2 aliphatic heterocycles. The monoisotopic (exact) mass is 357 g/mol. The van der Waals surface area contributed by atoms with Gasteiger partial charge in [0.1, 0.15) is 0 Å². The van der Waals surface area contributed by atoms with Crippen molar-refractivity contribution in [1.29, 1.82) is 0 Å². The van der Waals surface area contributed by atoms with Crippen molar-refractivity contribution in [2.45, 2.75) is 16.4 Å². The second-order valence-electron chi connectivity index (χ2n) is 5.96. The van der Waals surface area contributed by atoms with E-state index in [4.69, 9.17) is 0 Å². The molecule has 6 rings (SSSR count). The number of hydrogen-bond donors (Lipinski definition) is 0. The molecule has 4 aliphatic rings. The van der Waals surface area contributed by atoms with E-state index in [1.807, 2.05) is 30.4 Å². The van der Waals surface area contributed by atoms with Gasteiger partial charge >= 0.3 is 11.4 Å². The lowest BCUT2D eigenvalue weighted by atomic mass is 9.68. The molecule has 3 heterocycles. The van der Waals surface area contributed by atoms with E-state index in [-0.39, 0.29) is 33.7 Å². The summed E-state index contributed by atoms with van der Waals surface area (Å²) < 4.78 is 4.21. The number of hydrogen-bond acceptors (Lipinski definition) is 2. The van der Waals surface area contributed by atoms with E-state index in [1.165, 1.54) is 4.57 Å². The second-order valence-corrected chi connectivity index (χ2v) is 7.33. The number of rotatable bonds is 1. The summed E-state index contributed by atoms with van der Waals surface area (Å²) in [4.78, 5) is 25.7. The molecule has 4 atom stereocenters. The lowest BCUT2D eigenvalue weighted by molar-refractivity contribution is 0.166. The summed E-state index contributed by atoms with van der Waals surface area (Å²) in [5, 5.41) is 0. The number of nitrogens with zero attached hydrogens (tertiary/aromatic N) is 3. The molecule has 2 aromatic rings. The summed E-state index contributed by atoms with van der Waals surface area (Å²) in [7, 11) is 0. The van der Waals surface area contributed by atoms with Crippen LogP contribution in [0.1, 0.15) is 12.1 Å². The normalized spacial score (nSPS) is 33.4. The van der Waals surface area contributed by atoms with Gasteiger partial charge in [-0.25, -0.2) is 23.5 Å². The summed E-state index contributed by atoms with van der Waals surface area (Å²) in [5.74, 6) is 0.214. The SMILES string of the molecule is O=c1n(-c2ccccc2)c(=O)n2n1[C@@H]1C=C[C@@H]2[C@@]2(Br)C=C[C@H]12. The van der Waals surface area contributed by atoms with Gasteiger partial charge in [-0.2, -0.15) is 0 Å². The largest absolute Gasteiger partial charge is 0.352 e. The Balaban J connectivity index is 1.84. The van der Waals surface area contributed by atoms with Crippen LogP contribution in [-0.2, 0) is 0 Å². The molecule has 0 N–H and O–H groups in total. The summed E-state index contributed by atoms with van der Waals surface area (Å²) >= 11 is 3.77. The maximum absolute atomic E-state index is 12.9. The van der Waals surface area contributed by atoms with Crippen LogP contribution in [0, 0.1) is 5.92 Å². The van der Waals surface area contributed by atoms with Gasteiger partial charge in [0, 0.05) is 5.92 Å². The highest BCUT2D eigenvalue weighted by atomic mass is 79.9. The van der Waals surface area contributed by atoms with Crippen LogP contribution in [-0.4, -0.2) is 18.3 Å². The molecule has 110 valence electrons. The van der Waals surface area contributed by atoms with Crippen LogP contribution >= 0.6 is 15.9 Å². The molecule has 5 nitrogen and oxygen atoms in total. The smallest absolute Gasteiger partial charge is 0.245 e. The summed E-state index contributed by atoms with van der Waals surface area (Å²) in [6, 6.07) is 8.80. The Kier molecular flexibility index (Phi) is 2.16. The van der Waals surface area contributed by atoms with E-state index in [0.29, 0.717) is 5.69 Å². The van der Waals surface area contributed by atoms with Crippen molar-refractivity contribution in [2.75, 3.05) is 0 Å². The van der Waals surface area contributed by atoms with Crippen molar-refractivity contribution in [1.82, 2.24) is 13.9 Å². The number of halogens is 1. The zero-order valence-corrected chi connectivity index (χ0v) is 13.1. The first kappa shape index (κ1) is 12.5. The fourth-order valence-electron chi connectivity index (χ4n) is 3.84. The Morgan fingerprint density at radius 3 is 2.36 bits per heavy atom. The Morgan fingerprint density at radius 2 is 1.68 bits per heavy atom. The predicted octanol–water partition coefficient (Wildman–Crippen LogP) is 1.79. The molecule has 2 bridgehead atoms. The number of aromatic nitrogens is 3. The van der Waals surface area contributed by atoms with Gasteiger partial charge in [0.15, 0.2) is 0 Å². The fraction of sp³-hybridized carbons (Fsp3) is 0.250. The number of benzene rings is 1. The van der Waals surface area contributed by atoms with Gasteiger partial charge in [-0.15, -0.1) is 0 Å². The Morgan fingerprint density at radius 1 is 0.955 bits per heavy atom. The van der Waals surface area contributed by atoms with Crippen molar-refractivity contribution in [3.8, 4) is 5.69 Å². The maximum Gasteiger partial charge on any atom is 0.352 e. The topological polar surface area (TPSA) is 48.9 Å². The van der Waals surface area contributed by atoms with Crippen molar-refractivity contribution in [3.05, 3.63) is 75.6 Å². The minimum atomic E-state index is -0.284. The van der Waals surface area contributed by atoms with Gasteiger partial charge in [0.2, 0.25) is 0 Å². The Hall–Kier alpha value is -2.08. The average molecular weight is 358 g/mol. The van der Waals surface area contributed by atoms with Crippen LogP contribution < -0.4 is 11.4 Å². The molecule has 0 fully saturated rings. The first-order chi connectivity index (χ1) is 10.6. The van der Waals surface area contributed by atoms with Gasteiger partial charge < -0.3 is 0 Å². The number of alkyl halides is 1. The van der Waals surface area contributed by atoms with E-state index < -0.39 is 0 Å². The van der Waals surface area contributed by atoms with E-state index in [2.05, 4.69) is 28.1 Å². The minimum Gasteiger partial charge on any atom is -0.245 e. The molecular weight excluding hydrogens is 346 g/mol. The standard InChI is InChI=1S/C16H12BrN3O2/c17-16-9-8-11(16)12-6-7-13(16)20-15(22)18(14(21)19(12)20)10-4-2-1-3-5-10/h1-9,11-13H/t11-,12-,13-,16-/m1/s1. The van der Waals surface area contributed by atoms with Gasteiger partial charge in [-0.1, -0.05) is 58.4 Å². The van der Waals surface area contributed by atoms with Crippen LogP contribution in [0.4, 0.5) is 0 Å². The molecule has 6 heteroatoms. The molecule has 0 radical (unpaired) electrons. The highest BCUT2D eigenvalue weighted by Crippen LogP contribution is 2.57. The first-order valence-electron chi connectivity index (χ1n) is 7.21. The van der Waals surface area contributed by atoms with Gasteiger partial charge in [0.25, 0.3) is 0 Å². The van der Waals surface area contributed by atoms with Gasteiger partial charge in [0.05, 0.1) is 22.1 Å². The highest BCUT2D eigenvalue weighted by molar-refractivity contribution is 9.10. The molecule has 0 spiro atoms. The third kappa shape index (κ3) is 1.22. The number of allylic oxidation sites excluding steroid dienone is 4. The maximum atomic E-state index is 12.9. The van der Waals surface area contributed by atoms with Crippen molar-refractivity contribution in [3.63, 3.8) is 0 Å². The van der Waals surface area contributed by atoms with E-state index in [0.717, 1.165) is 0 Å². The van der Waals surface area contributed by atoms with Crippen molar-refractivity contribution < 1.29 is 0 Å². The molecule has 22 heavy (non-hydrogen) atoms. The molecule has 0 saturated heterocycles. The van der Waals surface area contributed by atoms with Crippen molar-refractivity contribution >= 4 is 15.9 Å². The second kappa shape index (κ2) is 3.81. The fourth-order valence-corrected chi connectivity index (χ4v) is 4.77. The summed E-state index contributed by atoms with van der Waals surface area (Å²) in [5.41, 5.74) is 0.0498. The molecule has 1 aromatic heterocycles. The predicted molar refractivity (Wildman–Crippen MR) is 85.8 cm³/mol. The zero-order chi connectivity index (χ0) is 15.1. The van der Waals surface area contributed by atoms with E-state index >= 15 is 0 Å². The Labute approximate surface area is 133 Å². The van der Waals surface area contributed by atoms with Crippen molar-refractivity contribution in [2.24, 2.45) is 5.92 Å². The third-order valence-corrected chi connectivity index (χ3v) is 6.21. The molecular formula is C16H12BrN3O2. The number of para-hydroxylation sites is 1. The molecule has 0 unspecified atom stereocenters. The quantitative estimate of drug-likeness (QED) is 0.577. The molecule has 0 saturated carbocycles. The van der Waals surface area contributed by atoms with Crippen LogP contribution in [0.15, 0.2) is 64.2 Å². The van der Waals surface area contributed by atoms with E-state index in [9.17, 15) is 9.59 Å². The zero-order valence-electron chi connectivity index (χ0n) is 11.5. The van der Waals surface area contributed by atoms with Crippen LogP contribution in [0.2, 0.25) is 0 Å². The average Bonchev–Trinajstić information content (AvgIpc) is 2.78. The molecule has 1 aromatic carbocycles.